The zero-order valence-corrected chi connectivity index (χ0v) is 41.2. The Hall–Kier alpha value is -1.40. The van der Waals surface area contributed by atoms with E-state index in [0.717, 1.165) is 77.0 Å². The number of ether oxygens (including phenoxy) is 1. The lowest BCUT2D eigenvalue weighted by atomic mass is 10.0. The Kier molecular flexibility index (Phi) is 50.1. The first-order chi connectivity index (χ1) is 30.0. The number of rotatable bonds is 51. The summed E-state index contributed by atoms with van der Waals surface area (Å²) in [4.78, 5) is 24.5. The third kappa shape index (κ3) is 47.9. The summed E-state index contributed by atoms with van der Waals surface area (Å²) < 4.78 is 5.45. The molecule has 0 aromatic heterocycles. The van der Waals surface area contributed by atoms with Crippen LogP contribution in [0.25, 0.3) is 0 Å². The van der Waals surface area contributed by atoms with Gasteiger partial charge in [-0.3, -0.25) is 9.59 Å². The molecule has 0 aliphatic rings. The van der Waals surface area contributed by atoms with Crippen LogP contribution in [0.1, 0.15) is 303 Å². The Morgan fingerprint density at radius 3 is 1.16 bits per heavy atom. The maximum Gasteiger partial charge on any atom is 0.305 e. The van der Waals surface area contributed by atoms with Gasteiger partial charge in [0.2, 0.25) is 5.91 Å². The molecule has 2 atom stereocenters. The van der Waals surface area contributed by atoms with E-state index in [1.54, 1.807) is 0 Å². The van der Waals surface area contributed by atoms with Gasteiger partial charge < -0.3 is 20.3 Å². The van der Waals surface area contributed by atoms with Gasteiger partial charge in [-0.25, -0.2) is 0 Å². The minimum absolute atomic E-state index is 0.0318. The van der Waals surface area contributed by atoms with Crippen LogP contribution in [0.3, 0.4) is 0 Å². The molecule has 6 heteroatoms. The molecule has 0 aliphatic heterocycles. The number of unbranched alkanes of at least 4 members (excludes halogenated alkanes) is 38. The van der Waals surface area contributed by atoms with E-state index in [1.165, 1.54) is 193 Å². The highest BCUT2D eigenvalue weighted by molar-refractivity contribution is 5.76. The van der Waals surface area contributed by atoms with E-state index < -0.39 is 12.1 Å². The van der Waals surface area contributed by atoms with Gasteiger partial charge in [0.25, 0.3) is 0 Å². The number of nitrogens with one attached hydrogen (secondary N) is 1. The van der Waals surface area contributed by atoms with Gasteiger partial charge in [0.15, 0.2) is 0 Å². The number of carbonyl (C=O) groups is 2. The highest BCUT2D eigenvalue weighted by atomic mass is 16.5. The predicted molar refractivity (Wildman–Crippen MR) is 264 cm³/mol. The number of carbonyl (C=O) groups excluding carboxylic acids is 2. The largest absolute Gasteiger partial charge is 0.466 e. The first-order valence-corrected chi connectivity index (χ1v) is 27.4. The average molecular weight is 862 g/mol. The molecule has 0 spiro atoms. The number of hydrogen-bond acceptors (Lipinski definition) is 5. The van der Waals surface area contributed by atoms with E-state index in [0.29, 0.717) is 25.9 Å². The van der Waals surface area contributed by atoms with Crippen LogP contribution in [0.15, 0.2) is 12.2 Å². The zero-order valence-electron chi connectivity index (χ0n) is 41.2. The smallest absolute Gasteiger partial charge is 0.305 e. The monoisotopic (exact) mass is 862 g/mol. The van der Waals surface area contributed by atoms with Crippen LogP contribution in [0.2, 0.25) is 0 Å². The second-order valence-electron chi connectivity index (χ2n) is 18.9. The maximum absolute atomic E-state index is 12.5. The van der Waals surface area contributed by atoms with Crippen LogP contribution in [-0.2, 0) is 14.3 Å². The summed E-state index contributed by atoms with van der Waals surface area (Å²) in [6, 6.07) is -0.566. The Balaban J connectivity index is 3.49. The summed E-state index contributed by atoms with van der Waals surface area (Å²) >= 11 is 0. The van der Waals surface area contributed by atoms with Crippen molar-refractivity contribution in [3.8, 4) is 0 Å². The summed E-state index contributed by atoms with van der Waals surface area (Å²) in [6.45, 7) is 4.89. The van der Waals surface area contributed by atoms with Crippen molar-refractivity contribution in [2.24, 2.45) is 0 Å². The van der Waals surface area contributed by atoms with Crippen molar-refractivity contribution < 1.29 is 24.5 Å². The van der Waals surface area contributed by atoms with E-state index in [4.69, 9.17) is 4.74 Å². The molecule has 61 heavy (non-hydrogen) atoms. The SMILES string of the molecule is CCCCCCCCCCCCCCCCCCCC(=O)OCCCC/C=C\CCCCCCC(=O)NC(CO)C(O)CCCCCCCCCCCCCCCCCCC. The molecule has 0 aromatic carbocycles. The van der Waals surface area contributed by atoms with Gasteiger partial charge in [0.05, 0.1) is 25.4 Å². The Morgan fingerprint density at radius 1 is 0.443 bits per heavy atom. The van der Waals surface area contributed by atoms with E-state index in [2.05, 4.69) is 31.3 Å². The van der Waals surface area contributed by atoms with Crippen molar-refractivity contribution in [2.45, 2.75) is 315 Å². The van der Waals surface area contributed by atoms with Crippen LogP contribution in [0.4, 0.5) is 0 Å². The Morgan fingerprint density at radius 2 is 0.770 bits per heavy atom. The second-order valence-corrected chi connectivity index (χ2v) is 18.9. The fourth-order valence-corrected chi connectivity index (χ4v) is 8.58. The quantitative estimate of drug-likeness (QED) is 0.0322. The summed E-state index contributed by atoms with van der Waals surface area (Å²) in [7, 11) is 0. The van der Waals surface area contributed by atoms with E-state index in [-0.39, 0.29) is 18.5 Å². The third-order valence-corrected chi connectivity index (χ3v) is 12.8. The normalized spacial score (nSPS) is 12.7. The molecule has 0 rings (SSSR count). The van der Waals surface area contributed by atoms with Gasteiger partial charge in [-0.1, -0.05) is 251 Å². The van der Waals surface area contributed by atoms with Gasteiger partial charge in [-0.05, 0) is 51.4 Å². The minimum Gasteiger partial charge on any atom is -0.466 e. The number of amides is 1. The number of esters is 1. The topological polar surface area (TPSA) is 95.9 Å². The first-order valence-electron chi connectivity index (χ1n) is 27.4. The van der Waals surface area contributed by atoms with Gasteiger partial charge >= 0.3 is 5.97 Å². The zero-order chi connectivity index (χ0) is 44.4. The van der Waals surface area contributed by atoms with Crippen LogP contribution in [0, 0.1) is 0 Å². The van der Waals surface area contributed by atoms with E-state index in [9.17, 15) is 19.8 Å². The highest BCUT2D eigenvalue weighted by Crippen LogP contribution is 2.17. The summed E-state index contributed by atoms with van der Waals surface area (Å²) in [5.41, 5.74) is 0. The molecule has 362 valence electrons. The number of aliphatic hydroxyl groups excluding tert-OH is 2. The van der Waals surface area contributed by atoms with Crippen molar-refractivity contribution in [3.63, 3.8) is 0 Å². The molecule has 0 saturated carbocycles. The fourth-order valence-electron chi connectivity index (χ4n) is 8.58. The molecular formula is C55H107NO5. The first kappa shape index (κ1) is 59.6. The Bertz CT molecular complexity index is 909. The number of allylic oxidation sites excluding steroid dienone is 2. The van der Waals surface area contributed by atoms with E-state index >= 15 is 0 Å². The van der Waals surface area contributed by atoms with Gasteiger partial charge in [-0.2, -0.15) is 0 Å². The molecule has 0 heterocycles. The second kappa shape index (κ2) is 51.2. The Labute approximate surface area is 380 Å². The molecule has 6 nitrogen and oxygen atoms in total. The standard InChI is InChI=1S/C55H107NO5/c1-3-5-7-9-11-13-15-17-19-21-23-25-27-31-35-39-43-47-53(58)52(51-57)56-54(59)48-44-40-36-32-29-30-34-38-42-46-50-61-55(60)49-45-41-37-33-28-26-24-22-20-18-16-14-12-10-8-6-4-2/h30,34,52-53,57-58H,3-29,31-33,35-51H2,1-2H3,(H,56,59)/b34-30-. The molecular weight excluding hydrogens is 755 g/mol. The molecule has 0 fully saturated rings. The minimum atomic E-state index is -0.685. The molecule has 1 amide bonds. The molecule has 0 aliphatic carbocycles. The van der Waals surface area contributed by atoms with Crippen LogP contribution in [0.5, 0.6) is 0 Å². The average Bonchev–Trinajstić information content (AvgIpc) is 3.26. The molecule has 2 unspecified atom stereocenters. The summed E-state index contributed by atoms with van der Waals surface area (Å²) in [6.07, 6.45) is 59.1. The van der Waals surface area contributed by atoms with Crippen molar-refractivity contribution in [2.75, 3.05) is 13.2 Å². The molecule has 0 bridgehead atoms. The van der Waals surface area contributed by atoms with Crippen molar-refractivity contribution in [1.29, 1.82) is 0 Å². The molecule has 0 saturated heterocycles. The lowest BCUT2D eigenvalue weighted by molar-refractivity contribution is -0.143. The van der Waals surface area contributed by atoms with Gasteiger partial charge in [0.1, 0.15) is 0 Å². The van der Waals surface area contributed by atoms with Crippen molar-refractivity contribution >= 4 is 11.9 Å². The maximum atomic E-state index is 12.5. The lowest BCUT2D eigenvalue weighted by Crippen LogP contribution is -2.45. The summed E-state index contributed by atoms with van der Waals surface area (Å²) in [5, 5.41) is 23.2. The summed E-state index contributed by atoms with van der Waals surface area (Å²) in [5.74, 6) is -0.0998. The van der Waals surface area contributed by atoms with Gasteiger partial charge in [0, 0.05) is 12.8 Å². The predicted octanol–water partition coefficient (Wildman–Crippen LogP) is 16.5. The highest BCUT2D eigenvalue weighted by Gasteiger charge is 2.20. The number of hydrogen-bond donors (Lipinski definition) is 3. The molecule has 0 radical (unpaired) electrons. The van der Waals surface area contributed by atoms with Gasteiger partial charge in [-0.15, -0.1) is 0 Å². The lowest BCUT2D eigenvalue weighted by Gasteiger charge is -2.22. The molecule has 0 aromatic rings. The van der Waals surface area contributed by atoms with Crippen molar-refractivity contribution in [3.05, 3.63) is 12.2 Å². The van der Waals surface area contributed by atoms with E-state index in [1.807, 2.05) is 0 Å². The third-order valence-electron chi connectivity index (χ3n) is 12.8. The number of aliphatic hydroxyl groups is 2. The van der Waals surface area contributed by atoms with Crippen LogP contribution in [-0.4, -0.2) is 47.4 Å². The molecule has 3 N–H and O–H groups in total. The van der Waals surface area contributed by atoms with Crippen molar-refractivity contribution in [1.82, 2.24) is 5.32 Å². The van der Waals surface area contributed by atoms with Crippen LogP contribution >= 0.6 is 0 Å². The van der Waals surface area contributed by atoms with Crippen LogP contribution < -0.4 is 5.32 Å². The fraction of sp³-hybridized carbons (Fsp3) is 0.927.